The summed E-state index contributed by atoms with van der Waals surface area (Å²) in [5, 5.41) is 11.9. The second-order valence-corrected chi connectivity index (χ2v) is 4.40. The van der Waals surface area contributed by atoms with Gasteiger partial charge in [-0.2, -0.15) is 5.26 Å². The Balaban J connectivity index is 2.29. The van der Waals surface area contributed by atoms with Crippen molar-refractivity contribution in [3.63, 3.8) is 0 Å². The molecule has 0 saturated heterocycles. The molecule has 1 atom stereocenters. The highest BCUT2D eigenvalue weighted by Crippen LogP contribution is 2.22. The molecule has 0 bridgehead atoms. The predicted molar refractivity (Wildman–Crippen MR) is 69.5 cm³/mol. The van der Waals surface area contributed by atoms with Crippen molar-refractivity contribution in [3.05, 3.63) is 65.0 Å². The average molecular weight is 276 g/mol. The molecule has 1 unspecified atom stereocenters. The zero-order valence-corrected chi connectivity index (χ0v) is 10.6. The lowest BCUT2D eigenvalue weighted by molar-refractivity contribution is 0.507. The SMILES string of the molecule is Cc1cc(F)cc(NC(C#N)c2ccc(F)c(F)c2)c1. The minimum atomic E-state index is -1.03. The summed E-state index contributed by atoms with van der Waals surface area (Å²) in [6.07, 6.45) is 0. The summed E-state index contributed by atoms with van der Waals surface area (Å²) in [6, 6.07) is 8.49. The maximum atomic E-state index is 13.3. The number of halogens is 3. The van der Waals surface area contributed by atoms with Gasteiger partial charge >= 0.3 is 0 Å². The molecule has 0 fully saturated rings. The Labute approximate surface area is 114 Å². The van der Waals surface area contributed by atoms with Crippen molar-refractivity contribution in [2.24, 2.45) is 0 Å². The zero-order valence-electron chi connectivity index (χ0n) is 10.6. The maximum Gasteiger partial charge on any atom is 0.159 e. The van der Waals surface area contributed by atoms with E-state index in [1.54, 1.807) is 13.0 Å². The quantitative estimate of drug-likeness (QED) is 0.916. The number of nitrogens with zero attached hydrogens (tertiary/aromatic N) is 1. The van der Waals surface area contributed by atoms with Crippen molar-refractivity contribution < 1.29 is 13.2 Å². The van der Waals surface area contributed by atoms with Gasteiger partial charge in [-0.1, -0.05) is 6.07 Å². The Hall–Kier alpha value is -2.48. The summed E-state index contributed by atoms with van der Waals surface area (Å²) in [6.45, 7) is 1.72. The van der Waals surface area contributed by atoms with Gasteiger partial charge in [0.05, 0.1) is 6.07 Å². The molecule has 0 amide bonds. The van der Waals surface area contributed by atoms with Crippen LogP contribution in [0.5, 0.6) is 0 Å². The van der Waals surface area contributed by atoms with Gasteiger partial charge in [0.25, 0.3) is 0 Å². The van der Waals surface area contributed by atoms with Gasteiger partial charge < -0.3 is 5.32 Å². The summed E-state index contributed by atoms with van der Waals surface area (Å²) in [5.74, 6) is -2.44. The van der Waals surface area contributed by atoms with Gasteiger partial charge in [0.2, 0.25) is 0 Å². The fourth-order valence-corrected chi connectivity index (χ4v) is 1.87. The first kappa shape index (κ1) is 13.9. The van der Waals surface area contributed by atoms with Crippen LogP contribution in [0.2, 0.25) is 0 Å². The highest BCUT2D eigenvalue weighted by Gasteiger charge is 2.13. The van der Waals surface area contributed by atoms with Gasteiger partial charge in [0.1, 0.15) is 11.9 Å². The predicted octanol–water partition coefficient (Wildman–Crippen LogP) is 4.09. The van der Waals surface area contributed by atoms with Crippen LogP contribution in [0.1, 0.15) is 17.2 Å². The molecule has 1 N–H and O–H groups in total. The molecule has 0 aliphatic heterocycles. The van der Waals surface area contributed by atoms with Gasteiger partial charge in [-0.3, -0.25) is 0 Å². The van der Waals surface area contributed by atoms with Crippen LogP contribution in [0.4, 0.5) is 18.9 Å². The topological polar surface area (TPSA) is 35.8 Å². The van der Waals surface area contributed by atoms with Crippen LogP contribution in [-0.4, -0.2) is 0 Å². The molecule has 0 saturated carbocycles. The van der Waals surface area contributed by atoms with Gasteiger partial charge in [-0.05, 0) is 48.4 Å². The second kappa shape index (κ2) is 5.66. The standard InChI is InChI=1S/C15H11F3N2/c1-9-4-11(16)7-12(5-9)20-15(8-19)10-2-3-13(17)14(18)6-10/h2-7,15,20H,1H3. The summed E-state index contributed by atoms with van der Waals surface area (Å²) in [5.41, 5.74) is 1.36. The molecule has 2 aromatic rings. The molecule has 2 aromatic carbocycles. The summed E-state index contributed by atoms with van der Waals surface area (Å²) >= 11 is 0. The fraction of sp³-hybridized carbons (Fsp3) is 0.133. The Morgan fingerprint density at radius 1 is 1.05 bits per heavy atom. The lowest BCUT2D eigenvalue weighted by Gasteiger charge is -2.14. The number of anilines is 1. The van der Waals surface area contributed by atoms with Crippen LogP contribution in [-0.2, 0) is 0 Å². The van der Waals surface area contributed by atoms with Gasteiger partial charge in [0, 0.05) is 5.69 Å². The van der Waals surface area contributed by atoms with E-state index in [1.165, 1.54) is 18.2 Å². The largest absolute Gasteiger partial charge is 0.366 e. The van der Waals surface area contributed by atoms with Gasteiger partial charge in [0.15, 0.2) is 11.6 Å². The number of benzene rings is 2. The van der Waals surface area contributed by atoms with E-state index in [1.807, 2.05) is 6.07 Å². The van der Waals surface area contributed by atoms with Crippen LogP contribution < -0.4 is 5.32 Å². The minimum absolute atomic E-state index is 0.272. The van der Waals surface area contributed by atoms with E-state index in [-0.39, 0.29) is 5.56 Å². The van der Waals surface area contributed by atoms with Crippen LogP contribution >= 0.6 is 0 Å². The Bertz CT molecular complexity index is 657. The molecule has 5 heteroatoms. The highest BCUT2D eigenvalue weighted by atomic mass is 19.2. The van der Waals surface area contributed by atoms with E-state index < -0.39 is 23.5 Å². The van der Waals surface area contributed by atoms with Crippen LogP contribution in [0.15, 0.2) is 36.4 Å². The molecule has 2 rings (SSSR count). The van der Waals surface area contributed by atoms with E-state index in [4.69, 9.17) is 5.26 Å². The third-order valence-corrected chi connectivity index (χ3v) is 2.76. The van der Waals surface area contributed by atoms with Crippen LogP contribution in [0.25, 0.3) is 0 Å². The molecule has 0 aliphatic rings. The average Bonchev–Trinajstić information content (AvgIpc) is 2.38. The molecule has 0 heterocycles. The number of hydrogen-bond acceptors (Lipinski definition) is 2. The zero-order chi connectivity index (χ0) is 14.7. The number of aryl methyl sites for hydroxylation is 1. The fourth-order valence-electron chi connectivity index (χ4n) is 1.87. The molecule has 0 aromatic heterocycles. The number of nitriles is 1. The van der Waals surface area contributed by atoms with Crippen molar-refractivity contribution in [3.8, 4) is 6.07 Å². The Morgan fingerprint density at radius 2 is 1.80 bits per heavy atom. The molecular formula is C15H11F3N2. The maximum absolute atomic E-state index is 13.3. The molecule has 0 aliphatic carbocycles. The van der Waals surface area contributed by atoms with Crippen molar-refractivity contribution >= 4 is 5.69 Å². The normalized spacial score (nSPS) is 11.8. The summed E-state index contributed by atoms with van der Waals surface area (Å²) in [7, 11) is 0. The first-order chi connectivity index (χ1) is 9.49. The van der Waals surface area contributed by atoms with Crippen molar-refractivity contribution in [1.82, 2.24) is 0 Å². The summed E-state index contributed by atoms with van der Waals surface area (Å²) in [4.78, 5) is 0. The molecule has 20 heavy (non-hydrogen) atoms. The molecule has 2 nitrogen and oxygen atoms in total. The van der Waals surface area contributed by atoms with Crippen LogP contribution in [0.3, 0.4) is 0 Å². The lowest BCUT2D eigenvalue weighted by Crippen LogP contribution is -2.09. The number of nitrogens with one attached hydrogen (secondary N) is 1. The van der Waals surface area contributed by atoms with E-state index in [2.05, 4.69) is 5.32 Å². The molecule has 0 spiro atoms. The first-order valence-corrected chi connectivity index (χ1v) is 5.88. The smallest absolute Gasteiger partial charge is 0.159 e. The van der Waals surface area contributed by atoms with E-state index >= 15 is 0 Å². The third kappa shape index (κ3) is 3.09. The highest BCUT2D eigenvalue weighted by molar-refractivity contribution is 5.49. The molecule has 102 valence electrons. The number of rotatable bonds is 3. The Morgan fingerprint density at radius 3 is 2.40 bits per heavy atom. The van der Waals surface area contributed by atoms with Crippen molar-refractivity contribution in [2.45, 2.75) is 13.0 Å². The van der Waals surface area contributed by atoms with Gasteiger partial charge in [-0.15, -0.1) is 0 Å². The Kier molecular flexibility index (Phi) is 3.94. The van der Waals surface area contributed by atoms with Gasteiger partial charge in [-0.25, -0.2) is 13.2 Å². The second-order valence-electron chi connectivity index (χ2n) is 4.40. The van der Waals surface area contributed by atoms with E-state index in [0.717, 1.165) is 12.1 Å². The van der Waals surface area contributed by atoms with Crippen molar-refractivity contribution in [1.29, 1.82) is 5.26 Å². The molecule has 0 radical (unpaired) electrons. The van der Waals surface area contributed by atoms with E-state index in [9.17, 15) is 13.2 Å². The van der Waals surface area contributed by atoms with Crippen molar-refractivity contribution in [2.75, 3.05) is 5.32 Å². The number of hydrogen-bond donors (Lipinski definition) is 1. The lowest BCUT2D eigenvalue weighted by atomic mass is 10.1. The van der Waals surface area contributed by atoms with E-state index in [0.29, 0.717) is 11.3 Å². The minimum Gasteiger partial charge on any atom is -0.366 e. The van der Waals surface area contributed by atoms with Crippen LogP contribution in [0, 0.1) is 35.7 Å². The molecular weight excluding hydrogens is 265 g/mol. The third-order valence-electron chi connectivity index (χ3n) is 2.76. The first-order valence-electron chi connectivity index (χ1n) is 5.88. The monoisotopic (exact) mass is 276 g/mol. The summed E-state index contributed by atoms with van der Waals surface area (Å²) < 4.78 is 39.3.